The number of anilines is 1. The molecule has 0 aliphatic heterocycles. The molecule has 0 aliphatic carbocycles. The minimum atomic E-state index is 0.581. The number of hydrogen-bond acceptors (Lipinski definition) is 2. The predicted molar refractivity (Wildman–Crippen MR) is 74.7 cm³/mol. The van der Waals surface area contributed by atoms with Crippen molar-refractivity contribution in [1.29, 1.82) is 0 Å². The minimum Gasteiger partial charge on any atom is -0.366 e. The molecule has 0 fully saturated rings. The van der Waals surface area contributed by atoms with Crippen LogP contribution in [0.15, 0.2) is 34.9 Å². The quantitative estimate of drug-likeness (QED) is 0.793. The molecule has 2 aromatic rings. The van der Waals surface area contributed by atoms with E-state index in [1.54, 1.807) is 13.2 Å². The number of nitrogens with one attached hydrogen (secondary N) is 2. The summed E-state index contributed by atoms with van der Waals surface area (Å²) in [6.07, 6.45) is 1.77. The van der Waals surface area contributed by atoms with Gasteiger partial charge in [-0.2, -0.15) is 0 Å². The number of para-hydroxylation sites is 1. The van der Waals surface area contributed by atoms with Crippen molar-refractivity contribution < 1.29 is 0 Å². The lowest BCUT2D eigenvalue weighted by Gasteiger charge is -2.09. The van der Waals surface area contributed by atoms with Gasteiger partial charge in [-0.15, -0.1) is 0 Å². The normalized spacial score (nSPS) is 10.1. The van der Waals surface area contributed by atoms with E-state index in [4.69, 9.17) is 12.2 Å². The van der Waals surface area contributed by atoms with Crippen LogP contribution in [0.3, 0.4) is 0 Å². The zero-order valence-corrected chi connectivity index (χ0v) is 11.0. The molecule has 0 saturated carbocycles. The zero-order chi connectivity index (χ0) is 11.5. The van der Waals surface area contributed by atoms with E-state index < -0.39 is 0 Å². The van der Waals surface area contributed by atoms with Gasteiger partial charge in [-0.25, -0.2) is 0 Å². The van der Waals surface area contributed by atoms with Crippen molar-refractivity contribution in [2.24, 2.45) is 0 Å². The number of benzene rings is 1. The predicted octanol–water partition coefficient (Wildman–Crippen LogP) is 2.91. The van der Waals surface area contributed by atoms with Gasteiger partial charge in [-0.3, -0.25) is 4.98 Å². The van der Waals surface area contributed by atoms with E-state index in [0.29, 0.717) is 5.11 Å². The highest BCUT2D eigenvalue weighted by Gasteiger charge is 2.03. The Bertz CT molecular complexity index is 542. The third-order valence-electron chi connectivity index (χ3n) is 2.15. The van der Waals surface area contributed by atoms with E-state index >= 15 is 0 Å². The summed E-state index contributed by atoms with van der Waals surface area (Å²) in [7, 11) is 1.78. The Labute approximate surface area is 107 Å². The Kier molecular flexibility index (Phi) is 3.36. The summed E-state index contributed by atoms with van der Waals surface area (Å²) < 4.78 is 0.966. The molecule has 0 amide bonds. The molecular formula is C11H10BrN3S. The monoisotopic (exact) mass is 295 g/mol. The van der Waals surface area contributed by atoms with Gasteiger partial charge in [-0.1, -0.05) is 12.1 Å². The lowest BCUT2D eigenvalue weighted by molar-refractivity contribution is 1.20. The van der Waals surface area contributed by atoms with Crippen LogP contribution in [0.5, 0.6) is 0 Å². The number of fused-ring (bicyclic) bond motifs is 1. The summed E-state index contributed by atoms with van der Waals surface area (Å²) in [5.41, 5.74) is 1.81. The van der Waals surface area contributed by atoms with Crippen LogP contribution in [0.4, 0.5) is 5.69 Å². The van der Waals surface area contributed by atoms with Gasteiger partial charge in [0.05, 0.1) is 11.2 Å². The van der Waals surface area contributed by atoms with Crippen LogP contribution in [0.2, 0.25) is 0 Å². The standard InChI is InChI=1S/C11H10BrN3S/c1-13-11(16)15-9-4-2-3-7-5-8(12)6-14-10(7)9/h2-6H,1H3,(H2,13,15,16). The van der Waals surface area contributed by atoms with Gasteiger partial charge < -0.3 is 10.6 Å². The fourth-order valence-corrected chi connectivity index (χ4v) is 1.88. The molecule has 2 rings (SSSR count). The second-order valence-electron chi connectivity index (χ2n) is 3.23. The summed E-state index contributed by atoms with van der Waals surface area (Å²) >= 11 is 8.47. The highest BCUT2D eigenvalue weighted by atomic mass is 79.9. The molecule has 0 spiro atoms. The van der Waals surface area contributed by atoms with Crippen LogP contribution in [0.25, 0.3) is 10.9 Å². The maximum atomic E-state index is 5.07. The van der Waals surface area contributed by atoms with Crippen LogP contribution < -0.4 is 10.6 Å². The van der Waals surface area contributed by atoms with Crippen molar-refractivity contribution >= 4 is 49.9 Å². The molecule has 1 heterocycles. The Hall–Kier alpha value is -1.20. The lowest BCUT2D eigenvalue weighted by atomic mass is 10.2. The SMILES string of the molecule is CNC(=S)Nc1cccc2cc(Br)cnc12. The van der Waals surface area contributed by atoms with E-state index in [1.165, 1.54) is 0 Å². The van der Waals surface area contributed by atoms with Gasteiger partial charge in [0.15, 0.2) is 5.11 Å². The topological polar surface area (TPSA) is 37.0 Å². The van der Waals surface area contributed by atoms with Crippen LogP contribution >= 0.6 is 28.1 Å². The number of thiocarbonyl (C=S) groups is 1. The molecule has 0 saturated heterocycles. The Morgan fingerprint density at radius 2 is 2.25 bits per heavy atom. The second-order valence-corrected chi connectivity index (χ2v) is 4.56. The number of halogens is 1. The zero-order valence-electron chi connectivity index (χ0n) is 8.62. The third-order valence-corrected chi connectivity index (χ3v) is 2.89. The third kappa shape index (κ3) is 2.31. The fraction of sp³-hybridized carbons (Fsp3) is 0.0909. The van der Waals surface area contributed by atoms with E-state index in [9.17, 15) is 0 Å². The van der Waals surface area contributed by atoms with Crippen LogP contribution in [0.1, 0.15) is 0 Å². The fourth-order valence-electron chi connectivity index (χ4n) is 1.42. The first kappa shape index (κ1) is 11.3. The molecule has 1 aromatic carbocycles. The Morgan fingerprint density at radius 1 is 1.44 bits per heavy atom. The lowest BCUT2D eigenvalue weighted by Crippen LogP contribution is -2.24. The summed E-state index contributed by atoms with van der Waals surface area (Å²) in [6, 6.07) is 7.96. The first-order valence-electron chi connectivity index (χ1n) is 4.73. The maximum absolute atomic E-state index is 5.07. The second kappa shape index (κ2) is 4.76. The summed E-state index contributed by atoms with van der Waals surface area (Å²) in [4.78, 5) is 4.37. The molecule has 0 bridgehead atoms. The first-order valence-corrected chi connectivity index (χ1v) is 5.94. The molecular weight excluding hydrogens is 286 g/mol. The number of aromatic nitrogens is 1. The van der Waals surface area contributed by atoms with Gasteiger partial charge in [0.2, 0.25) is 0 Å². The summed E-state index contributed by atoms with van der Waals surface area (Å²) in [6.45, 7) is 0. The van der Waals surface area contributed by atoms with Crippen molar-refractivity contribution in [3.05, 3.63) is 34.9 Å². The van der Waals surface area contributed by atoms with Gasteiger partial charge >= 0.3 is 0 Å². The van der Waals surface area contributed by atoms with Crippen molar-refractivity contribution in [3.8, 4) is 0 Å². The molecule has 5 heteroatoms. The van der Waals surface area contributed by atoms with E-state index in [1.807, 2.05) is 24.3 Å². The molecule has 16 heavy (non-hydrogen) atoms. The van der Waals surface area contributed by atoms with E-state index in [-0.39, 0.29) is 0 Å². The molecule has 0 atom stereocenters. The van der Waals surface area contributed by atoms with E-state index in [2.05, 4.69) is 31.5 Å². The highest BCUT2D eigenvalue weighted by molar-refractivity contribution is 9.10. The number of nitrogens with zero attached hydrogens (tertiary/aromatic N) is 1. The van der Waals surface area contributed by atoms with Crippen LogP contribution in [-0.4, -0.2) is 17.1 Å². The molecule has 1 aromatic heterocycles. The van der Waals surface area contributed by atoms with Crippen molar-refractivity contribution in [3.63, 3.8) is 0 Å². The van der Waals surface area contributed by atoms with E-state index in [0.717, 1.165) is 21.1 Å². The average molecular weight is 296 g/mol. The number of rotatable bonds is 1. The number of hydrogen-bond donors (Lipinski definition) is 2. The van der Waals surface area contributed by atoms with Crippen molar-refractivity contribution in [2.45, 2.75) is 0 Å². The summed E-state index contributed by atoms with van der Waals surface area (Å²) in [5, 5.41) is 7.62. The molecule has 82 valence electrons. The first-order chi connectivity index (χ1) is 7.70. The van der Waals surface area contributed by atoms with Gasteiger partial charge in [0.25, 0.3) is 0 Å². The van der Waals surface area contributed by atoms with Crippen molar-refractivity contribution in [2.75, 3.05) is 12.4 Å². The molecule has 3 nitrogen and oxygen atoms in total. The molecule has 0 unspecified atom stereocenters. The molecule has 2 N–H and O–H groups in total. The van der Waals surface area contributed by atoms with Crippen molar-refractivity contribution in [1.82, 2.24) is 10.3 Å². The average Bonchev–Trinajstić information content (AvgIpc) is 2.28. The maximum Gasteiger partial charge on any atom is 0.170 e. The van der Waals surface area contributed by atoms with Crippen LogP contribution in [0, 0.1) is 0 Å². The Balaban J connectivity index is 2.49. The van der Waals surface area contributed by atoms with Gasteiger partial charge in [-0.05, 0) is 40.3 Å². The van der Waals surface area contributed by atoms with Crippen LogP contribution in [-0.2, 0) is 0 Å². The van der Waals surface area contributed by atoms with Gasteiger partial charge in [0.1, 0.15) is 0 Å². The Morgan fingerprint density at radius 3 is 3.00 bits per heavy atom. The molecule has 0 aliphatic rings. The summed E-state index contributed by atoms with van der Waals surface area (Å²) in [5.74, 6) is 0. The largest absolute Gasteiger partial charge is 0.366 e. The van der Waals surface area contributed by atoms with Gasteiger partial charge in [0, 0.05) is 23.1 Å². The minimum absolute atomic E-state index is 0.581. The smallest absolute Gasteiger partial charge is 0.170 e. The number of pyridine rings is 1. The molecule has 0 radical (unpaired) electrons. The highest BCUT2D eigenvalue weighted by Crippen LogP contribution is 2.23.